The van der Waals surface area contributed by atoms with E-state index >= 15 is 0 Å². The third kappa shape index (κ3) is 5.43. The van der Waals surface area contributed by atoms with Gasteiger partial charge in [-0.1, -0.05) is 42.5 Å². The zero-order valence-corrected chi connectivity index (χ0v) is 13.6. The molecule has 0 unspecified atom stereocenters. The van der Waals surface area contributed by atoms with Crippen molar-refractivity contribution in [3.05, 3.63) is 65.7 Å². The van der Waals surface area contributed by atoms with Crippen molar-refractivity contribution in [1.29, 1.82) is 0 Å². The average Bonchev–Trinajstić information content (AvgIpc) is 2.61. The normalized spacial score (nSPS) is 11.5. The van der Waals surface area contributed by atoms with Gasteiger partial charge in [-0.05, 0) is 29.7 Å². The Bertz CT molecular complexity index is 668. The van der Waals surface area contributed by atoms with Crippen molar-refractivity contribution in [2.75, 3.05) is 7.11 Å². The maximum atomic E-state index is 12.1. The quantitative estimate of drug-likeness (QED) is 0.765. The molecule has 0 heterocycles. The molecule has 0 aliphatic rings. The number of phenols is 1. The highest BCUT2D eigenvalue weighted by Gasteiger charge is 2.21. The lowest BCUT2D eigenvalue weighted by atomic mass is 10.0. The molecule has 1 amide bonds. The number of hydrogen-bond donors (Lipinski definition) is 2. The number of phenolic OH excluding ortho intramolecular Hbond substituents is 1. The van der Waals surface area contributed by atoms with Gasteiger partial charge >= 0.3 is 5.97 Å². The molecule has 0 radical (unpaired) electrons. The van der Waals surface area contributed by atoms with E-state index in [2.05, 4.69) is 5.32 Å². The van der Waals surface area contributed by atoms with Crippen LogP contribution in [0.4, 0.5) is 0 Å². The van der Waals surface area contributed by atoms with Crippen molar-refractivity contribution in [2.45, 2.75) is 25.3 Å². The summed E-state index contributed by atoms with van der Waals surface area (Å²) >= 11 is 0. The highest BCUT2D eigenvalue weighted by atomic mass is 16.5. The van der Waals surface area contributed by atoms with Gasteiger partial charge in [-0.15, -0.1) is 0 Å². The van der Waals surface area contributed by atoms with Crippen LogP contribution in [-0.4, -0.2) is 30.1 Å². The smallest absolute Gasteiger partial charge is 0.328 e. The summed E-state index contributed by atoms with van der Waals surface area (Å²) < 4.78 is 4.77. The largest absolute Gasteiger partial charge is 0.508 e. The third-order valence-corrected chi connectivity index (χ3v) is 3.68. The zero-order chi connectivity index (χ0) is 17.4. The number of rotatable bonds is 7. The van der Waals surface area contributed by atoms with Crippen LogP contribution in [0.3, 0.4) is 0 Å². The lowest BCUT2D eigenvalue weighted by Crippen LogP contribution is -2.43. The number of methoxy groups -OCH3 is 1. The second-order valence-electron chi connectivity index (χ2n) is 5.50. The molecule has 2 aromatic carbocycles. The van der Waals surface area contributed by atoms with Crippen LogP contribution < -0.4 is 5.32 Å². The molecule has 1 atom stereocenters. The third-order valence-electron chi connectivity index (χ3n) is 3.68. The summed E-state index contributed by atoms with van der Waals surface area (Å²) in [5.74, 6) is -0.538. The van der Waals surface area contributed by atoms with Crippen LogP contribution in [0.2, 0.25) is 0 Å². The summed E-state index contributed by atoms with van der Waals surface area (Å²) in [6.07, 6.45) is 1.22. The Morgan fingerprint density at radius 1 is 1.04 bits per heavy atom. The minimum absolute atomic E-state index is 0.153. The number of benzene rings is 2. The Hall–Kier alpha value is -2.82. The van der Waals surface area contributed by atoms with Crippen molar-refractivity contribution >= 4 is 11.9 Å². The summed E-state index contributed by atoms with van der Waals surface area (Å²) in [5, 5.41) is 12.0. The molecule has 0 bridgehead atoms. The monoisotopic (exact) mass is 327 g/mol. The van der Waals surface area contributed by atoms with E-state index < -0.39 is 12.0 Å². The maximum absolute atomic E-state index is 12.1. The molecule has 0 aliphatic heterocycles. The van der Waals surface area contributed by atoms with Crippen molar-refractivity contribution in [2.24, 2.45) is 0 Å². The number of esters is 1. The van der Waals surface area contributed by atoms with Crippen LogP contribution in [0.25, 0.3) is 0 Å². The lowest BCUT2D eigenvalue weighted by Gasteiger charge is -2.16. The van der Waals surface area contributed by atoms with Crippen LogP contribution in [0.1, 0.15) is 17.5 Å². The van der Waals surface area contributed by atoms with E-state index in [1.54, 1.807) is 24.3 Å². The van der Waals surface area contributed by atoms with E-state index in [0.29, 0.717) is 19.3 Å². The molecule has 0 saturated carbocycles. The lowest BCUT2D eigenvalue weighted by molar-refractivity contribution is -0.145. The summed E-state index contributed by atoms with van der Waals surface area (Å²) in [7, 11) is 1.29. The number of amides is 1. The van der Waals surface area contributed by atoms with Crippen molar-refractivity contribution < 1.29 is 19.4 Å². The summed E-state index contributed by atoms with van der Waals surface area (Å²) in [6.45, 7) is 0. The number of hydrogen-bond acceptors (Lipinski definition) is 4. The second kappa shape index (κ2) is 8.72. The number of aryl methyl sites for hydroxylation is 1. The molecule has 0 spiro atoms. The van der Waals surface area contributed by atoms with Gasteiger partial charge in [0.15, 0.2) is 0 Å². The summed E-state index contributed by atoms with van der Waals surface area (Å²) in [5.41, 5.74) is 1.90. The van der Waals surface area contributed by atoms with Gasteiger partial charge in [0, 0.05) is 12.8 Å². The number of aromatic hydroxyl groups is 1. The number of nitrogens with one attached hydrogen (secondary N) is 1. The van der Waals surface area contributed by atoms with Gasteiger partial charge in [-0.25, -0.2) is 4.79 Å². The number of carbonyl (C=O) groups excluding carboxylic acids is 2. The standard InChI is InChI=1S/C19H21NO4/c1-24-19(23)17(13-15-7-10-16(21)11-8-15)20-18(22)12-9-14-5-3-2-4-6-14/h2-8,10-11,17,21H,9,12-13H2,1H3,(H,20,22)/t17-/m0/s1. The first-order valence-corrected chi connectivity index (χ1v) is 7.77. The molecular formula is C19H21NO4. The maximum Gasteiger partial charge on any atom is 0.328 e. The van der Waals surface area contributed by atoms with Gasteiger partial charge in [-0.3, -0.25) is 4.79 Å². The molecule has 0 saturated heterocycles. The second-order valence-corrected chi connectivity index (χ2v) is 5.50. The molecule has 24 heavy (non-hydrogen) atoms. The van der Waals surface area contributed by atoms with Crippen LogP contribution >= 0.6 is 0 Å². The summed E-state index contributed by atoms with van der Waals surface area (Å²) in [4.78, 5) is 24.0. The minimum Gasteiger partial charge on any atom is -0.508 e. The Morgan fingerprint density at radius 3 is 2.33 bits per heavy atom. The van der Waals surface area contributed by atoms with Gasteiger partial charge in [0.2, 0.25) is 5.91 Å². The van der Waals surface area contributed by atoms with E-state index in [-0.39, 0.29) is 11.7 Å². The van der Waals surface area contributed by atoms with E-state index in [0.717, 1.165) is 11.1 Å². The summed E-state index contributed by atoms with van der Waals surface area (Å²) in [6, 6.07) is 15.5. The van der Waals surface area contributed by atoms with Crippen LogP contribution in [0.15, 0.2) is 54.6 Å². The predicted molar refractivity (Wildman–Crippen MR) is 90.5 cm³/mol. The molecule has 5 heteroatoms. The molecular weight excluding hydrogens is 306 g/mol. The average molecular weight is 327 g/mol. The van der Waals surface area contributed by atoms with E-state index in [1.807, 2.05) is 30.3 Å². The van der Waals surface area contributed by atoms with Crippen LogP contribution in [0, 0.1) is 0 Å². The van der Waals surface area contributed by atoms with Crippen LogP contribution in [0.5, 0.6) is 5.75 Å². The Balaban J connectivity index is 1.93. The molecule has 2 N–H and O–H groups in total. The van der Waals surface area contributed by atoms with E-state index in [4.69, 9.17) is 4.74 Å². The topological polar surface area (TPSA) is 75.6 Å². The first-order valence-electron chi connectivity index (χ1n) is 7.77. The number of carbonyl (C=O) groups is 2. The molecule has 5 nitrogen and oxygen atoms in total. The van der Waals surface area contributed by atoms with Gasteiger partial charge in [0.25, 0.3) is 0 Å². The van der Waals surface area contributed by atoms with E-state index in [1.165, 1.54) is 7.11 Å². The highest BCUT2D eigenvalue weighted by molar-refractivity contribution is 5.84. The molecule has 2 rings (SSSR count). The van der Waals surface area contributed by atoms with Crippen molar-refractivity contribution in [1.82, 2.24) is 5.32 Å². The van der Waals surface area contributed by atoms with Crippen molar-refractivity contribution in [3.63, 3.8) is 0 Å². The minimum atomic E-state index is -0.747. The fourth-order valence-electron chi connectivity index (χ4n) is 2.37. The first-order chi connectivity index (χ1) is 11.6. The molecule has 126 valence electrons. The SMILES string of the molecule is COC(=O)[C@H](Cc1ccc(O)cc1)NC(=O)CCc1ccccc1. The molecule has 0 aromatic heterocycles. The first kappa shape index (κ1) is 17.5. The van der Waals surface area contributed by atoms with Gasteiger partial charge in [-0.2, -0.15) is 0 Å². The highest BCUT2D eigenvalue weighted by Crippen LogP contribution is 2.12. The Labute approximate surface area is 141 Å². The van der Waals surface area contributed by atoms with Crippen molar-refractivity contribution in [3.8, 4) is 5.75 Å². The molecule has 0 fully saturated rings. The van der Waals surface area contributed by atoms with Gasteiger partial charge in [0.05, 0.1) is 7.11 Å². The van der Waals surface area contributed by atoms with Crippen LogP contribution in [-0.2, 0) is 27.2 Å². The fourth-order valence-corrected chi connectivity index (χ4v) is 2.37. The van der Waals surface area contributed by atoms with Gasteiger partial charge < -0.3 is 15.2 Å². The fraction of sp³-hybridized carbons (Fsp3) is 0.263. The number of ether oxygens (including phenoxy) is 1. The zero-order valence-electron chi connectivity index (χ0n) is 13.6. The van der Waals surface area contributed by atoms with Gasteiger partial charge in [0.1, 0.15) is 11.8 Å². The molecule has 0 aliphatic carbocycles. The molecule has 2 aromatic rings. The Kier molecular flexibility index (Phi) is 6.37. The predicted octanol–water partition coefficient (Wildman–Crippen LogP) is 2.23. The Morgan fingerprint density at radius 2 is 1.71 bits per heavy atom. The van der Waals surface area contributed by atoms with E-state index in [9.17, 15) is 14.7 Å².